The minimum absolute atomic E-state index is 0.0251. The SMILES string of the molecule is CCCCOCC1CCC(c2ccc(-c3cc(F)c(C(F)(F)Oc4cc(F)c(-c5ccc(F)c(F)c5)c(F)c4)c(F)c3)cc2)OC1. The van der Waals surface area contributed by atoms with Gasteiger partial charge in [-0.05, 0) is 65.8 Å². The molecule has 0 N–H and O–H groups in total. The van der Waals surface area contributed by atoms with Gasteiger partial charge in [0.05, 0.1) is 24.9 Å². The second-order valence-electron chi connectivity index (χ2n) is 11.1. The highest BCUT2D eigenvalue weighted by Gasteiger charge is 2.41. The maximum absolute atomic E-state index is 15.0. The van der Waals surface area contributed by atoms with Crippen LogP contribution in [0.4, 0.5) is 35.1 Å². The Kier molecular flexibility index (Phi) is 10.3. The van der Waals surface area contributed by atoms with Crippen molar-refractivity contribution < 1.29 is 49.3 Å². The van der Waals surface area contributed by atoms with Crippen molar-refractivity contribution in [2.75, 3.05) is 19.8 Å². The minimum Gasteiger partial charge on any atom is -0.429 e. The molecule has 1 heterocycles. The molecule has 0 aromatic heterocycles. The van der Waals surface area contributed by atoms with Gasteiger partial charge in [-0.25, -0.2) is 26.3 Å². The van der Waals surface area contributed by atoms with Gasteiger partial charge in [0, 0.05) is 24.7 Å². The van der Waals surface area contributed by atoms with Crippen LogP contribution in [0.5, 0.6) is 5.75 Å². The van der Waals surface area contributed by atoms with Crippen LogP contribution in [0.15, 0.2) is 66.7 Å². The van der Waals surface area contributed by atoms with E-state index < -0.39 is 63.5 Å². The fraction of sp³-hybridized carbons (Fsp3) is 0.314. The molecule has 1 fully saturated rings. The third-order valence-corrected chi connectivity index (χ3v) is 7.78. The summed E-state index contributed by atoms with van der Waals surface area (Å²) in [6, 6.07) is 10.8. The quantitative estimate of drug-likeness (QED) is 0.119. The van der Waals surface area contributed by atoms with E-state index in [9.17, 15) is 17.6 Å². The number of unbranched alkanes of at least 4 members (excludes halogenated alkanes) is 1. The second-order valence-corrected chi connectivity index (χ2v) is 11.1. The van der Waals surface area contributed by atoms with Crippen molar-refractivity contribution in [1.29, 1.82) is 0 Å². The van der Waals surface area contributed by atoms with Crippen molar-refractivity contribution in [3.8, 4) is 28.0 Å². The fourth-order valence-electron chi connectivity index (χ4n) is 5.34. The van der Waals surface area contributed by atoms with Crippen molar-refractivity contribution in [3.63, 3.8) is 0 Å². The standard InChI is InChI=1S/C35H30F8O3/c1-2-3-12-44-18-20-4-11-32(45-19-20)22-7-5-21(6-8-22)24-14-30(40)34(31(41)15-24)35(42,43)46-25-16-28(38)33(29(39)17-25)23-9-10-26(36)27(37)13-23/h5-10,13-17,20,32H,2-4,11-12,18-19H2,1H3. The highest BCUT2D eigenvalue weighted by Crippen LogP contribution is 2.39. The number of alkyl halides is 2. The summed E-state index contributed by atoms with van der Waals surface area (Å²) in [5.74, 6) is -9.63. The van der Waals surface area contributed by atoms with Gasteiger partial charge in [-0.1, -0.05) is 43.7 Å². The Morgan fingerprint density at radius 1 is 0.717 bits per heavy atom. The van der Waals surface area contributed by atoms with Gasteiger partial charge in [0.15, 0.2) is 11.6 Å². The summed E-state index contributed by atoms with van der Waals surface area (Å²) < 4.78 is 132. The zero-order valence-corrected chi connectivity index (χ0v) is 24.7. The molecule has 4 aromatic rings. The maximum atomic E-state index is 15.0. The summed E-state index contributed by atoms with van der Waals surface area (Å²) in [6.45, 7) is 4.01. The Labute approximate surface area is 260 Å². The van der Waals surface area contributed by atoms with E-state index in [1.54, 1.807) is 24.3 Å². The lowest BCUT2D eigenvalue weighted by Crippen LogP contribution is -2.25. The van der Waals surface area contributed by atoms with Crippen LogP contribution in [-0.4, -0.2) is 19.8 Å². The second kappa shape index (κ2) is 14.2. The zero-order valence-electron chi connectivity index (χ0n) is 24.7. The predicted molar refractivity (Wildman–Crippen MR) is 155 cm³/mol. The summed E-state index contributed by atoms with van der Waals surface area (Å²) in [4.78, 5) is 0. The number of ether oxygens (including phenoxy) is 3. The van der Waals surface area contributed by atoms with Gasteiger partial charge in [0.1, 0.15) is 34.6 Å². The first-order valence-electron chi connectivity index (χ1n) is 14.8. The lowest BCUT2D eigenvalue weighted by molar-refractivity contribution is -0.189. The zero-order chi connectivity index (χ0) is 33.0. The Hall–Kier alpha value is -3.96. The average molecular weight is 651 g/mol. The predicted octanol–water partition coefficient (Wildman–Crippen LogP) is 10.3. The number of hydrogen-bond acceptors (Lipinski definition) is 3. The molecule has 1 saturated heterocycles. The highest BCUT2D eigenvalue weighted by molar-refractivity contribution is 5.66. The minimum atomic E-state index is -4.68. The van der Waals surface area contributed by atoms with Crippen LogP contribution in [0.25, 0.3) is 22.3 Å². The van der Waals surface area contributed by atoms with E-state index in [4.69, 9.17) is 9.47 Å². The summed E-state index contributed by atoms with van der Waals surface area (Å²) in [7, 11) is 0. The van der Waals surface area contributed by atoms with Gasteiger partial charge in [-0.2, -0.15) is 8.78 Å². The van der Waals surface area contributed by atoms with Crippen LogP contribution < -0.4 is 4.74 Å². The van der Waals surface area contributed by atoms with E-state index in [2.05, 4.69) is 11.7 Å². The Morgan fingerprint density at radius 2 is 1.35 bits per heavy atom. The first-order chi connectivity index (χ1) is 22.0. The molecule has 2 atom stereocenters. The van der Waals surface area contributed by atoms with Crippen molar-refractivity contribution >= 4 is 0 Å². The van der Waals surface area contributed by atoms with E-state index in [-0.39, 0.29) is 11.7 Å². The molecule has 0 aliphatic carbocycles. The Bertz CT molecular complexity index is 1620. The molecule has 0 saturated carbocycles. The highest BCUT2D eigenvalue weighted by atomic mass is 19.3. The molecule has 5 rings (SSSR count). The molecule has 1 aliphatic rings. The van der Waals surface area contributed by atoms with Crippen LogP contribution in [0.3, 0.4) is 0 Å². The molecule has 0 bridgehead atoms. The van der Waals surface area contributed by atoms with E-state index >= 15 is 17.6 Å². The van der Waals surface area contributed by atoms with E-state index in [1.807, 2.05) is 0 Å². The molecule has 244 valence electrons. The molecule has 1 aliphatic heterocycles. The number of benzene rings is 4. The summed E-state index contributed by atoms with van der Waals surface area (Å²) in [5, 5.41) is 0. The molecule has 0 radical (unpaired) electrons. The molecule has 4 aromatic carbocycles. The van der Waals surface area contributed by atoms with E-state index in [0.29, 0.717) is 61.1 Å². The molecule has 0 amide bonds. The maximum Gasteiger partial charge on any atom is 0.432 e. The smallest absolute Gasteiger partial charge is 0.429 e. The van der Waals surface area contributed by atoms with Crippen LogP contribution in [0.1, 0.15) is 49.8 Å². The molecule has 2 unspecified atom stereocenters. The van der Waals surface area contributed by atoms with Crippen LogP contribution in [0.2, 0.25) is 0 Å². The number of hydrogen-bond donors (Lipinski definition) is 0. The molecule has 11 heteroatoms. The van der Waals surface area contributed by atoms with Gasteiger partial charge >= 0.3 is 6.11 Å². The lowest BCUT2D eigenvalue weighted by Gasteiger charge is -2.29. The Morgan fingerprint density at radius 3 is 1.93 bits per heavy atom. The fourth-order valence-corrected chi connectivity index (χ4v) is 5.34. The van der Waals surface area contributed by atoms with E-state index in [0.717, 1.165) is 43.9 Å². The van der Waals surface area contributed by atoms with Gasteiger partial charge in [0.2, 0.25) is 0 Å². The van der Waals surface area contributed by atoms with Crippen molar-refractivity contribution in [3.05, 3.63) is 113 Å². The lowest BCUT2D eigenvalue weighted by atomic mass is 9.94. The van der Waals surface area contributed by atoms with Crippen LogP contribution in [0, 0.1) is 40.8 Å². The van der Waals surface area contributed by atoms with Crippen LogP contribution in [-0.2, 0) is 15.6 Å². The van der Waals surface area contributed by atoms with Gasteiger partial charge in [-0.15, -0.1) is 0 Å². The van der Waals surface area contributed by atoms with Gasteiger partial charge < -0.3 is 14.2 Å². The molecular formula is C35H30F8O3. The monoisotopic (exact) mass is 650 g/mol. The molecular weight excluding hydrogens is 620 g/mol. The summed E-state index contributed by atoms with van der Waals surface area (Å²) >= 11 is 0. The first kappa shape index (κ1) is 33.4. The molecule has 46 heavy (non-hydrogen) atoms. The van der Waals surface area contributed by atoms with Gasteiger partial charge in [-0.3, -0.25) is 0 Å². The third kappa shape index (κ3) is 7.53. The summed E-state index contributed by atoms with van der Waals surface area (Å²) in [5.41, 5.74) is -1.82. The molecule has 3 nitrogen and oxygen atoms in total. The van der Waals surface area contributed by atoms with Gasteiger partial charge in [0.25, 0.3) is 0 Å². The summed E-state index contributed by atoms with van der Waals surface area (Å²) in [6.07, 6.45) is -1.07. The van der Waals surface area contributed by atoms with Crippen molar-refractivity contribution in [2.45, 2.75) is 44.8 Å². The number of rotatable bonds is 11. The Balaban J connectivity index is 1.28. The topological polar surface area (TPSA) is 27.7 Å². The van der Waals surface area contributed by atoms with Crippen molar-refractivity contribution in [1.82, 2.24) is 0 Å². The average Bonchev–Trinajstić information content (AvgIpc) is 3.00. The third-order valence-electron chi connectivity index (χ3n) is 7.78. The normalized spacial score (nSPS) is 16.9. The van der Waals surface area contributed by atoms with Crippen molar-refractivity contribution in [2.24, 2.45) is 5.92 Å². The van der Waals surface area contributed by atoms with E-state index in [1.165, 1.54) is 0 Å². The largest absolute Gasteiger partial charge is 0.432 e. The number of halogens is 8. The first-order valence-corrected chi connectivity index (χ1v) is 14.8. The van der Waals surface area contributed by atoms with Crippen LogP contribution >= 0.6 is 0 Å². The molecule has 0 spiro atoms.